The lowest BCUT2D eigenvalue weighted by Gasteiger charge is -2.19. The van der Waals surface area contributed by atoms with Gasteiger partial charge in [0.15, 0.2) is 0 Å². The molecule has 0 saturated carbocycles. The van der Waals surface area contributed by atoms with Gasteiger partial charge in [0.2, 0.25) is 5.78 Å². The largest absolute Gasteiger partial charge is 0.352 e. The van der Waals surface area contributed by atoms with Gasteiger partial charge in [0.1, 0.15) is 0 Å². The van der Waals surface area contributed by atoms with E-state index in [-0.39, 0.29) is 27.5 Å². The first-order valence-electron chi connectivity index (χ1n) is 10.3. The van der Waals surface area contributed by atoms with Crippen molar-refractivity contribution in [1.82, 2.24) is 0 Å². The lowest BCUT2D eigenvalue weighted by molar-refractivity contribution is 0.103. The van der Waals surface area contributed by atoms with Gasteiger partial charge in [-0.3, -0.25) is 4.79 Å². The zero-order valence-corrected chi connectivity index (χ0v) is 19.0. The van der Waals surface area contributed by atoms with E-state index in [1.54, 1.807) is 36.4 Å². The molecule has 0 saturated heterocycles. The van der Waals surface area contributed by atoms with Crippen LogP contribution in [0, 0.1) is 0 Å². The molecule has 5 nitrogen and oxygen atoms in total. The minimum Gasteiger partial charge on any atom is -0.352 e. The normalized spacial score (nSPS) is 15.3. The number of carbonyl (C=O) groups excluding carboxylic acids is 1. The van der Waals surface area contributed by atoms with Crippen molar-refractivity contribution < 1.29 is 13.2 Å². The standard InChI is InChI=1S/C26H24N2O3S/c1-26(2,3)18-13-15-20(16-14-18)32(30,31)28-23-17-24(27-19-9-5-4-6-10-19)25(29)22-12-8-7-11-21(22)23/h4-17,27H,1-3H3/b28-23-. The lowest BCUT2D eigenvalue weighted by atomic mass is 9.87. The van der Waals surface area contributed by atoms with E-state index in [1.807, 2.05) is 42.5 Å². The van der Waals surface area contributed by atoms with E-state index in [0.717, 1.165) is 11.3 Å². The Labute approximate surface area is 188 Å². The maximum absolute atomic E-state index is 13.1. The molecule has 0 atom stereocenters. The summed E-state index contributed by atoms with van der Waals surface area (Å²) in [5.41, 5.74) is 3.07. The summed E-state index contributed by atoms with van der Waals surface area (Å²) in [6, 6.07) is 22.9. The van der Waals surface area contributed by atoms with Gasteiger partial charge in [-0.05, 0) is 41.3 Å². The van der Waals surface area contributed by atoms with Gasteiger partial charge < -0.3 is 5.32 Å². The Hall–Kier alpha value is -3.51. The molecule has 6 heteroatoms. The molecular formula is C26H24N2O3S. The highest BCUT2D eigenvalue weighted by molar-refractivity contribution is 7.90. The first kappa shape index (κ1) is 21.7. The van der Waals surface area contributed by atoms with Crippen LogP contribution in [0.1, 0.15) is 42.3 Å². The zero-order valence-electron chi connectivity index (χ0n) is 18.2. The first-order chi connectivity index (χ1) is 15.1. The van der Waals surface area contributed by atoms with Crippen molar-refractivity contribution in [2.24, 2.45) is 4.40 Å². The summed E-state index contributed by atoms with van der Waals surface area (Å²) in [4.78, 5) is 13.1. The van der Waals surface area contributed by atoms with Crippen LogP contribution in [0.25, 0.3) is 0 Å². The Morgan fingerprint density at radius 3 is 2.00 bits per heavy atom. The Balaban J connectivity index is 1.77. The average Bonchev–Trinajstić information content (AvgIpc) is 2.77. The molecule has 0 heterocycles. The molecule has 4 rings (SSSR count). The van der Waals surface area contributed by atoms with E-state index < -0.39 is 10.0 Å². The van der Waals surface area contributed by atoms with Crippen LogP contribution < -0.4 is 5.32 Å². The van der Waals surface area contributed by atoms with Crippen molar-refractivity contribution in [1.29, 1.82) is 0 Å². The van der Waals surface area contributed by atoms with E-state index in [0.29, 0.717) is 11.1 Å². The number of ketones is 1. The fraction of sp³-hybridized carbons (Fsp3) is 0.154. The highest BCUT2D eigenvalue weighted by atomic mass is 32.2. The topological polar surface area (TPSA) is 75.6 Å². The van der Waals surface area contributed by atoms with Gasteiger partial charge in [0.25, 0.3) is 10.0 Å². The minimum absolute atomic E-state index is 0.0857. The Bertz CT molecular complexity index is 1330. The number of benzene rings is 3. The number of para-hydroxylation sites is 1. The number of carbonyl (C=O) groups is 1. The lowest BCUT2D eigenvalue weighted by Crippen LogP contribution is -2.22. The first-order valence-corrected chi connectivity index (χ1v) is 11.7. The van der Waals surface area contributed by atoms with Crippen molar-refractivity contribution in [3.8, 4) is 0 Å². The minimum atomic E-state index is -3.97. The van der Waals surface area contributed by atoms with Gasteiger partial charge >= 0.3 is 0 Å². The van der Waals surface area contributed by atoms with E-state index in [1.165, 1.54) is 6.08 Å². The molecule has 0 bridgehead atoms. The van der Waals surface area contributed by atoms with Crippen molar-refractivity contribution in [3.63, 3.8) is 0 Å². The second-order valence-electron chi connectivity index (χ2n) is 8.65. The molecule has 162 valence electrons. The monoisotopic (exact) mass is 444 g/mol. The molecule has 3 aromatic rings. The molecule has 1 aliphatic rings. The van der Waals surface area contributed by atoms with Gasteiger partial charge in [-0.2, -0.15) is 12.8 Å². The molecule has 3 aromatic carbocycles. The number of nitrogens with zero attached hydrogens (tertiary/aromatic N) is 1. The molecule has 0 radical (unpaired) electrons. The quantitative estimate of drug-likeness (QED) is 0.588. The SMILES string of the molecule is CC(C)(C)c1ccc(S(=O)(=O)/N=C2/C=C(Nc3ccccc3)C(=O)c3ccccc32)cc1. The number of nitrogens with one attached hydrogen (secondary N) is 1. The van der Waals surface area contributed by atoms with Crippen molar-refractivity contribution in [2.75, 3.05) is 5.32 Å². The van der Waals surface area contributed by atoms with E-state index >= 15 is 0 Å². The molecule has 0 spiro atoms. The summed E-state index contributed by atoms with van der Waals surface area (Å²) in [7, 11) is -3.97. The Morgan fingerprint density at radius 2 is 1.38 bits per heavy atom. The van der Waals surface area contributed by atoms with Crippen LogP contribution in [0.2, 0.25) is 0 Å². The van der Waals surface area contributed by atoms with Gasteiger partial charge in [0.05, 0.1) is 16.3 Å². The van der Waals surface area contributed by atoms with Gasteiger partial charge in [-0.15, -0.1) is 0 Å². The number of rotatable bonds is 4. The molecule has 32 heavy (non-hydrogen) atoms. The molecule has 0 aromatic heterocycles. The zero-order chi connectivity index (χ0) is 22.9. The van der Waals surface area contributed by atoms with E-state index in [4.69, 9.17) is 0 Å². The van der Waals surface area contributed by atoms with E-state index in [9.17, 15) is 13.2 Å². The van der Waals surface area contributed by atoms with Gasteiger partial charge in [-0.1, -0.05) is 75.4 Å². The maximum atomic E-state index is 13.1. The van der Waals surface area contributed by atoms with Crippen LogP contribution in [-0.2, 0) is 15.4 Å². The predicted octanol–water partition coefficient (Wildman–Crippen LogP) is 5.35. The highest BCUT2D eigenvalue weighted by Gasteiger charge is 2.26. The fourth-order valence-corrected chi connectivity index (χ4v) is 4.48. The summed E-state index contributed by atoms with van der Waals surface area (Å²) in [6.07, 6.45) is 1.50. The second kappa shape index (κ2) is 8.20. The van der Waals surface area contributed by atoms with Crippen LogP contribution in [0.5, 0.6) is 0 Å². The summed E-state index contributed by atoms with van der Waals surface area (Å²) in [6.45, 7) is 6.20. The van der Waals surface area contributed by atoms with Crippen LogP contribution in [-0.4, -0.2) is 19.9 Å². The molecule has 0 aliphatic heterocycles. The number of hydrogen-bond acceptors (Lipinski definition) is 4. The summed E-state index contributed by atoms with van der Waals surface area (Å²) < 4.78 is 30.3. The summed E-state index contributed by atoms with van der Waals surface area (Å²) in [5, 5.41) is 3.09. The molecule has 0 unspecified atom stereocenters. The fourth-order valence-electron chi connectivity index (χ4n) is 3.48. The third-order valence-corrected chi connectivity index (χ3v) is 6.57. The van der Waals surface area contributed by atoms with Crippen molar-refractivity contribution in [3.05, 3.63) is 107 Å². The smallest absolute Gasteiger partial charge is 0.282 e. The molecule has 0 fully saturated rings. The number of Topliss-reactive ketones (excluding diaryl/α,β-unsaturated/α-hetero) is 1. The number of allylic oxidation sites excluding steroid dienone is 2. The van der Waals surface area contributed by atoms with Crippen molar-refractivity contribution in [2.45, 2.75) is 31.1 Å². The average molecular weight is 445 g/mol. The summed E-state index contributed by atoms with van der Waals surface area (Å²) >= 11 is 0. The van der Waals surface area contributed by atoms with Crippen LogP contribution in [0.3, 0.4) is 0 Å². The Kier molecular flexibility index (Phi) is 5.57. The molecule has 1 N–H and O–H groups in total. The second-order valence-corrected chi connectivity index (χ2v) is 10.3. The van der Waals surface area contributed by atoms with Gasteiger partial charge in [-0.25, -0.2) is 0 Å². The van der Waals surface area contributed by atoms with Crippen molar-refractivity contribution >= 4 is 27.2 Å². The van der Waals surface area contributed by atoms with Crippen LogP contribution in [0.4, 0.5) is 5.69 Å². The highest BCUT2D eigenvalue weighted by Crippen LogP contribution is 2.27. The van der Waals surface area contributed by atoms with Gasteiger partial charge in [0, 0.05) is 16.8 Å². The number of anilines is 1. The summed E-state index contributed by atoms with van der Waals surface area (Å²) in [5.74, 6) is -0.213. The van der Waals surface area contributed by atoms with Crippen LogP contribution in [0.15, 0.2) is 99.9 Å². The number of fused-ring (bicyclic) bond motifs is 1. The molecular weight excluding hydrogens is 420 g/mol. The van der Waals surface area contributed by atoms with Crippen LogP contribution >= 0.6 is 0 Å². The number of sulfonamides is 1. The molecule has 1 aliphatic carbocycles. The van der Waals surface area contributed by atoms with E-state index in [2.05, 4.69) is 30.5 Å². The number of hydrogen-bond donors (Lipinski definition) is 1. The maximum Gasteiger partial charge on any atom is 0.282 e. The third kappa shape index (κ3) is 4.41. The third-order valence-electron chi connectivity index (χ3n) is 5.26. The predicted molar refractivity (Wildman–Crippen MR) is 128 cm³/mol. The Morgan fingerprint density at radius 1 is 0.781 bits per heavy atom. The molecule has 0 amide bonds.